The summed E-state index contributed by atoms with van der Waals surface area (Å²) >= 11 is 0. The molecule has 0 aromatic carbocycles. The van der Waals surface area contributed by atoms with Gasteiger partial charge < -0.3 is 11.1 Å². The van der Waals surface area contributed by atoms with Gasteiger partial charge in [0.2, 0.25) is 5.91 Å². The average Bonchev–Trinajstić information content (AvgIpc) is 1.96. The number of primary amides is 1. The van der Waals surface area contributed by atoms with Crippen LogP contribution in [0, 0.1) is 0 Å². The van der Waals surface area contributed by atoms with Crippen molar-refractivity contribution in [1.82, 2.24) is 5.32 Å². The first-order valence-corrected chi connectivity index (χ1v) is 4.26. The molecule has 0 aliphatic rings. The Morgan fingerprint density at radius 1 is 1.36 bits per heavy atom. The van der Waals surface area contributed by atoms with Crippen molar-refractivity contribution in [3.63, 3.8) is 0 Å². The molecule has 3 nitrogen and oxygen atoms in total. The zero-order chi connectivity index (χ0) is 8.53. The number of carbonyl (C=O) groups is 1. The van der Waals surface area contributed by atoms with Gasteiger partial charge in [-0.2, -0.15) is 0 Å². The number of hydrogen-bond acceptors (Lipinski definition) is 2. The molecule has 0 spiro atoms. The fourth-order valence-electron chi connectivity index (χ4n) is 0.903. The SMILES string of the molecule is CCNCCCCCC(N)=O. The van der Waals surface area contributed by atoms with Crippen LogP contribution in [0.5, 0.6) is 0 Å². The molecule has 0 atom stereocenters. The Hall–Kier alpha value is -0.570. The predicted octanol–water partition coefficient (Wildman–Crippen LogP) is 0.642. The normalized spacial score (nSPS) is 9.91. The maximum Gasteiger partial charge on any atom is 0.217 e. The van der Waals surface area contributed by atoms with Gasteiger partial charge in [-0.3, -0.25) is 4.79 Å². The Balaban J connectivity index is 2.85. The lowest BCUT2D eigenvalue weighted by atomic mass is 10.2. The molecule has 0 aliphatic heterocycles. The minimum absolute atomic E-state index is 0.187. The molecule has 3 heteroatoms. The smallest absolute Gasteiger partial charge is 0.217 e. The second-order valence-electron chi connectivity index (χ2n) is 2.63. The van der Waals surface area contributed by atoms with Gasteiger partial charge in [-0.25, -0.2) is 0 Å². The van der Waals surface area contributed by atoms with Crippen molar-refractivity contribution < 1.29 is 4.79 Å². The van der Waals surface area contributed by atoms with Gasteiger partial charge in [0.25, 0.3) is 0 Å². The zero-order valence-electron chi connectivity index (χ0n) is 7.23. The summed E-state index contributed by atoms with van der Waals surface area (Å²) in [5.41, 5.74) is 4.98. The maximum absolute atomic E-state index is 10.3. The summed E-state index contributed by atoms with van der Waals surface area (Å²) in [5, 5.41) is 3.22. The average molecular weight is 158 g/mol. The Labute approximate surface area is 68.3 Å². The van der Waals surface area contributed by atoms with Crippen molar-refractivity contribution >= 4 is 5.91 Å². The maximum atomic E-state index is 10.3. The van der Waals surface area contributed by atoms with Crippen LogP contribution in [0.4, 0.5) is 0 Å². The fourth-order valence-corrected chi connectivity index (χ4v) is 0.903. The molecule has 0 saturated carbocycles. The predicted molar refractivity (Wildman–Crippen MR) is 46.2 cm³/mol. The van der Waals surface area contributed by atoms with Crippen molar-refractivity contribution in [2.24, 2.45) is 5.73 Å². The standard InChI is InChI=1S/C8H18N2O/c1-2-10-7-5-3-4-6-8(9)11/h10H,2-7H2,1H3,(H2,9,11). The minimum atomic E-state index is -0.187. The largest absolute Gasteiger partial charge is 0.370 e. The number of unbranched alkanes of at least 4 members (excludes halogenated alkanes) is 2. The molecule has 66 valence electrons. The summed E-state index contributed by atoms with van der Waals surface area (Å²) in [6, 6.07) is 0. The van der Waals surface area contributed by atoms with Crippen molar-refractivity contribution in [2.75, 3.05) is 13.1 Å². The third-order valence-corrected chi connectivity index (χ3v) is 1.53. The van der Waals surface area contributed by atoms with Crippen LogP contribution in [0.2, 0.25) is 0 Å². The highest BCUT2D eigenvalue weighted by Gasteiger charge is 1.93. The van der Waals surface area contributed by atoms with Gasteiger partial charge in [-0.1, -0.05) is 13.3 Å². The number of carbonyl (C=O) groups excluding carboxylic acids is 1. The molecule has 0 aromatic rings. The number of amides is 1. The summed E-state index contributed by atoms with van der Waals surface area (Å²) in [7, 11) is 0. The van der Waals surface area contributed by atoms with Crippen molar-refractivity contribution in [2.45, 2.75) is 32.6 Å². The summed E-state index contributed by atoms with van der Waals surface area (Å²) < 4.78 is 0. The molecule has 3 N–H and O–H groups in total. The molecular weight excluding hydrogens is 140 g/mol. The monoisotopic (exact) mass is 158 g/mol. The molecule has 0 aliphatic carbocycles. The van der Waals surface area contributed by atoms with E-state index in [2.05, 4.69) is 12.2 Å². The molecule has 11 heavy (non-hydrogen) atoms. The van der Waals surface area contributed by atoms with Crippen molar-refractivity contribution in [3.05, 3.63) is 0 Å². The molecule has 0 unspecified atom stereocenters. The summed E-state index contributed by atoms with van der Waals surface area (Å²) in [4.78, 5) is 10.3. The Morgan fingerprint density at radius 2 is 2.09 bits per heavy atom. The molecule has 0 rings (SSSR count). The van der Waals surface area contributed by atoms with E-state index in [1.807, 2.05) is 0 Å². The van der Waals surface area contributed by atoms with Crippen LogP contribution < -0.4 is 11.1 Å². The molecule has 0 aromatic heterocycles. The van der Waals surface area contributed by atoms with E-state index in [9.17, 15) is 4.79 Å². The van der Waals surface area contributed by atoms with E-state index in [4.69, 9.17) is 5.73 Å². The van der Waals surface area contributed by atoms with Crippen LogP contribution in [0.3, 0.4) is 0 Å². The number of nitrogens with one attached hydrogen (secondary N) is 1. The lowest BCUT2D eigenvalue weighted by molar-refractivity contribution is -0.118. The highest BCUT2D eigenvalue weighted by Crippen LogP contribution is 1.97. The lowest BCUT2D eigenvalue weighted by Crippen LogP contribution is -2.14. The first-order chi connectivity index (χ1) is 5.27. The summed E-state index contributed by atoms with van der Waals surface area (Å²) in [6.45, 7) is 4.16. The van der Waals surface area contributed by atoms with E-state index >= 15 is 0 Å². The molecule has 0 radical (unpaired) electrons. The van der Waals surface area contributed by atoms with Crippen LogP contribution in [0.15, 0.2) is 0 Å². The Bertz CT molecular complexity index is 104. The molecule has 0 fully saturated rings. The van der Waals surface area contributed by atoms with E-state index in [1.165, 1.54) is 0 Å². The third kappa shape index (κ3) is 9.43. The molecular formula is C8H18N2O. The molecule has 0 saturated heterocycles. The van der Waals surface area contributed by atoms with E-state index < -0.39 is 0 Å². The highest BCUT2D eigenvalue weighted by atomic mass is 16.1. The first kappa shape index (κ1) is 10.4. The van der Waals surface area contributed by atoms with Gasteiger partial charge in [0.1, 0.15) is 0 Å². The van der Waals surface area contributed by atoms with Crippen LogP contribution in [0.1, 0.15) is 32.6 Å². The summed E-state index contributed by atoms with van der Waals surface area (Å²) in [5.74, 6) is -0.187. The van der Waals surface area contributed by atoms with Crippen molar-refractivity contribution in [3.8, 4) is 0 Å². The molecule has 0 heterocycles. The zero-order valence-corrected chi connectivity index (χ0v) is 7.23. The molecule has 1 amide bonds. The number of nitrogens with two attached hydrogens (primary N) is 1. The lowest BCUT2D eigenvalue weighted by Gasteiger charge is -1.99. The minimum Gasteiger partial charge on any atom is -0.370 e. The quantitative estimate of drug-likeness (QED) is 0.534. The second kappa shape index (κ2) is 7.54. The van der Waals surface area contributed by atoms with Crippen LogP contribution in [-0.2, 0) is 4.79 Å². The topological polar surface area (TPSA) is 55.1 Å². The Kier molecular flexibility index (Phi) is 7.15. The van der Waals surface area contributed by atoms with E-state index in [0.717, 1.165) is 32.4 Å². The summed E-state index contributed by atoms with van der Waals surface area (Å²) in [6.07, 6.45) is 3.70. The molecule has 0 bridgehead atoms. The van der Waals surface area contributed by atoms with Gasteiger partial charge in [0.15, 0.2) is 0 Å². The number of rotatable bonds is 7. The van der Waals surface area contributed by atoms with E-state index in [0.29, 0.717) is 6.42 Å². The van der Waals surface area contributed by atoms with Gasteiger partial charge in [0.05, 0.1) is 0 Å². The van der Waals surface area contributed by atoms with E-state index in [1.54, 1.807) is 0 Å². The van der Waals surface area contributed by atoms with Crippen LogP contribution in [-0.4, -0.2) is 19.0 Å². The van der Waals surface area contributed by atoms with Gasteiger partial charge in [-0.15, -0.1) is 0 Å². The van der Waals surface area contributed by atoms with Crippen molar-refractivity contribution in [1.29, 1.82) is 0 Å². The Morgan fingerprint density at radius 3 is 2.64 bits per heavy atom. The fraction of sp³-hybridized carbons (Fsp3) is 0.875. The number of hydrogen-bond donors (Lipinski definition) is 2. The first-order valence-electron chi connectivity index (χ1n) is 4.26. The highest BCUT2D eigenvalue weighted by molar-refractivity contribution is 5.73. The van der Waals surface area contributed by atoms with Crippen LogP contribution in [0.25, 0.3) is 0 Å². The van der Waals surface area contributed by atoms with E-state index in [-0.39, 0.29) is 5.91 Å². The van der Waals surface area contributed by atoms with Gasteiger partial charge in [0, 0.05) is 6.42 Å². The van der Waals surface area contributed by atoms with Gasteiger partial charge >= 0.3 is 0 Å². The van der Waals surface area contributed by atoms with Crippen LogP contribution >= 0.6 is 0 Å². The van der Waals surface area contributed by atoms with Gasteiger partial charge in [-0.05, 0) is 25.9 Å². The third-order valence-electron chi connectivity index (χ3n) is 1.53. The second-order valence-corrected chi connectivity index (χ2v) is 2.63.